The summed E-state index contributed by atoms with van der Waals surface area (Å²) >= 11 is 0. The van der Waals surface area contributed by atoms with E-state index >= 15 is 0 Å². The predicted octanol–water partition coefficient (Wildman–Crippen LogP) is 3.15. The van der Waals surface area contributed by atoms with Crippen LogP contribution >= 0.6 is 0 Å². The van der Waals surface area contributed by atoms with Crippen LogP contribution in [0.3, 0.4) is 0 Å². The number of hydrogen-bond acceptors (Lipinski definition) is 2. The Bertz CT molecular complexity index is 403. The van der Waals surface area contributed by atoms with Crippen LogP contribution in [0.25, 0.3) is 0 Å². The molecule has 0 amide bonds. The van der Waals surface area contributed by atoms with Crippen molar-refractivity contribution in [2.45, 2.75) is 13.5 Å². The Labute approximate surface area is 103 Å². The number of aryl methyl sites for hydroxylation is 1. The van der Waals surface area contributed by atoms with E-state index in [2.05, 4.69) is 19.1 Å². The molecule has 90 valence electrons. The van der Waals surface area contributed by atoms with Crippen LogP contribution in [0.15, 0.2) is 54.6 Å². The second-order valence-corrected chi connectivity index (χ2v) is 3.67. The summed E-state index contributed by atoms with van der Waals surface area (Å²) in [5.41, 5.74) is 7.81. The molecule has 0 unspecified atom stereocenters. The van der Waals surface area contributed by atoms with Gasteiger partial charge < -0.3 is 10.5 Å². The number of rotatable bonds is 2. The van der Waals surface area contributed by atoms with E-state index in [0.29, 0.717) is 6.54 Å². The lowest BCUT2D eigenvalue weighted by molar-refractivity contribution is 0.410. The monoisotopic (exact) mass is 229 g/mol. The number of hydrogen-bond donors (Lipinski definition) is 1. The summed E-state index contributed by atoms with van der Waals surface area (Å²) in [5.74, 6) is 0.866. The van der Waals surface area contributed by atoms with Crippen LogP contribution in [0.2, 0.25) is 0 Å². The lowest BCUT2D eigenvalue weighted by atomic mass is 10.2. The van der Waals surface area contributed by atoms with Gasteiger partial charge in [-0.1, -0.05) is 54.1 Å². The molecule has 2 N–H and O–H groups in total. The number of benzene rings is 2. The van der Waals surface area contributed by atoms with Gasteiger partial charge in [-0.15, -0.1) is 0 Å². The Morgan fingerprint density at radius 2 is 1.53 bits per heavy atom. The average Bonchev–Trinajstić information content (AvgIpc) is 2.40. The predicted molar refractivity (Wildman–Crippen MR) is 72.1 cm³/mol. The molecule has 0 fully saturated rings. The molecule has 0 aromatic heterocycles. The first-order chi connectivity index (χ1) is 8.27. The molecule has 0 heterocycles. The van der Waals surface area contributed by atoms with Gasteiger partial charge in [0.25, 0.3) is 0 Å². The minimum absolute atomic E-state index is 0.532. The molecule has 0 aliphatic rings. The Morgan fingerprint density at radius 1 is 0.941 bits per heavy atom. The Morgan fingerprint density at radius 3 is 1.94 bits per heavy atom. The minimum Gasteiger partial charge on any atom is -0.496 e. The fourth-order valence-electron chi connectivity index (χ4n) is 1.41. The molecule has 2 rings (SSSR count). The van der Waals surface area contributed by atoms with Crippen molar-refractivity contribution < 1.29 is 4.74 Å². The Kier molecular flexibility index (Phi) is 5.83. The average molecular weight is 229 g/mol. The maximum atomic E-state index is 5.45. The molecule has 0 saturated carbocycles. The first-order valence-electron chi connectivity index (χ1n) is 5.61. The zero-order chi connectivity index (χ0) is 12.5. The van der Waals surface area contributed by atoms with E-state index in [1.807, 2.05) is 42.5 Å². The maximum absolute atomic E-state index is 5.45. The second kappa shape index (κ2) is 7.47. The Hall–Kier alpha value is -1.80. The van der Waals surface area contributed by atoms with Crippen molar-refractivity contribution in [2.75, 3.05) is 7.11 Å². The van der Waals surface area contributed by atoms with Crippen molar-refractivity contribution in [1.82, 2.24) is 0 Å². The largest absolute Gasteiger partial charge is 0.496 e. The number of methoxy groups -OCH3 is 1. The van der Waals surface area contributed by atoms with Crippen LogP contribution in [0.1, 0.15) is 11.1 Å². The zero-order valence-electron chi connectivity index (χ0n) is 10.4. The molecule has 0 spiro atoms. The fourth-order valence-corrected chi connectivity index (χ4v) is 1.41. The highest BCUT2D eigenvalue weighted by Gasteiger charge is 1.95. The maximum Gasteiger partial charge on any atom is 0.123 e. The topological polar surface area (TPSA) is 35.2 Å². The number of ether oxygens (including phenoxy) is 1. The molecule has 0 saturated heterocycles. The Balaban J connectivity index is 0.000000181. The van der Waals surface area contributed by atoms with Crippen LogP contribution in [0, 0.1) is 6.92 Å². The lowest BCUT2D eigenvalue weighted by Gasteiger charge is -2.03. The van der Waals surface area contributed by atoms with Crippen LogP contribution in [-0.2, 0) is 6.54 Å². The van der Waals surface area contributed by atoms with Crippen LogP contribution in [0.4, 0.5) is 0 Å². The van der Waals surface area contributed by atoms with Crippen molar-refractivity contribution in [3.8, 4) is 5.75 Å². The van der Waals surface area contributed by atoms with Crippen molar-refractivity contribution in [1.29, 1.82) is 0 Å². The van der Waals surface area contributed by atoms with E-state index in [0.717, 1.165) is 11.3 Å². The van der Waals surface area contributed by atoms with Gasteiger partial charge in [-0.2, -0.15) is 0 Å². The van der Waals surface area contributed by atoms with Crippen molar-refractivity contribution in [2.24, 2.45) is 5.73 Å². The highest BCUT2D eigenvalue weighted by molar-refractivity contribution is 5.32. The summed E-state index contributed by atoms with van der Waals surface area (Å²) in [5, 5.41) is 0. The van der Waals surface area contributed by atoms with Crippen LogP contribution in [-0.4, -0.2) is 7.11 Å². The van der Waals surface area contributed by atoms with E-state index in [9.17, 15) is 0 Å². The molecule has 0 radical (unpaired) electrons. The third-order valence-electron chi connectivity index (χ3n) is 2.35. The van der Waals surface area contributed by atoms with Crippen molar-refractivity contribution in [3.63, 3.8) is 0 Å². The van der Waals surface area contributed by atoms with Gasteiger partial charge in [0, 0.05) is 12.1 Å². The first kappa shape index (κ1) is 13.3. The van der Waals surface area contributed by atoms with Crippen LogP contribution in [0.5, 0.6) is 5.75 Å². The molecule has 2 aromatic carbocycles. The molecule has 2 nitrogen and oxygen atoms in total. The van der Waals surface area contributed by atoms with E-state index in [1.54, 1.807) is 7.11 Å². The van der Waals surface area contributed by atoms with Gasteiger partial charge in [0.15, 0.2) is 0 Å². The van der Waals surface area contributed by atoms with Crippen molar-refractivity contribution >= 4 is 0 Å². The molecule has 0 aliphatic heterocycles. The number of para-hydroxylation sites is 1. The summed E-state index contributed by atoms with van der Waals surface area (Å²) in [4.78, 5) is 0. The molecule has 0 aliphatic carbocycles. The second-order valence-electron chi connectivity index (χ2n) is 3.67. The molecular weight excluding hydrogens is 210 g/mol. The SMILES string of the molecule is COc1ccccc1CN.Cc1ccccc1. The molecule has 2 heteroatoms. The highest BCUT2D eigenvalue weighted by Crippen LogP contribution is 2.15. The highest BCUT2D eigenvalue weighted by atomic mass is 16.5. The van der Waals surface area contributed by atoms with Gasteiger partial charge in [-0.05, 0) is 13.0 Å². The smallest absolute Gasteiger partial charge is 0.123 e. The van der Waals surface area contributed by atoms with E-state index in [1.165, 1.54) is 5.56 Å². The summed E-state index contributed by atoms with van der Waals surface area (Å²) in [7, 11) is 1.65. The number of nitrogens with two attached hydrogens (primary N) is 1. The summed E-state index contributed by atoms with van der Waals surface area (Å²) in [6, 6.07) is 18.0. The first-order valence-corrected chi connectivity index (χ1v) is 5.61. The van der Waals surface area contributed by atoms with Crippen molar-refractivity contribution in [3.05, 3.63) is 65.7 Å². The third kappa shape index (κ3) is 4.70. The van der Waals surface area contributed by atoms with Gasteiger partial charge >= 0.3 is 0 Å². The fraction of sp³-hybridized carbons (Fsp3) is 0.200. The lowest BCUT2D eigenvalue weighted by Crippen LogP contribution is -1.98. The summed E-state index contributed by atoms with van der Waals surface area (Å²) < 4.78 is 5.06. The van der Waals surface area contributed by atoms with Gasteiger partial charge in [-0.3, -0.25) is 0 Å². The standard InChI is InChI=1S/C8H11NO.C7H8/c1-10-8-5-3-2-4-7(8)6-9;1-7-5-3-2-4-6-7/h2-5H,6,9H2,1H3;2-6H,1H3. The normalized spacial score (nSPS) is 9.12. The third-order valence-corrected chi connectivity index (χ3v) is 2.35. The molecular formula is C15H19NO. The van der Waals surface area contributed by atoms with Gasteiger partial charge in [0.05, 0.1) is 7.11 Å². The van der Waals surface area contributed by atoms with E-state index in [-0.39, 0.29) is 0 Å². The van der Waals surface area contributed by atoms with E-state index in [4.69, 9.17) is 10.5 Å². The molecule has 0 atom stereocenters. The molecule has 17 heavy (non-hydrogen) atoms. The summed E-state index contributed by atoms with van der Waals surface area (Å²) in [6.45, 7) is 2.62. The molecule has 0 bridgehead atoms. The summed E-state index contributed by atoms with van der Waals surface area (Å²) in [6.07, 6.45) is 0. The quantitative estimate of drug-likeness (QED) is 0.858. The minimum atomic E-state index is 0.532. The van der Waals surface area contributed by atoms with Gasteiger partial charge in [0.1, 0.15) is 5.75 Å². The van der Waals surface area contributed by atoms with E-state index < -0.39 is 0 Å². The van der Waals surface area contributed by atoms with Gasteiger partial charge in [-0.25, -0.2) is 0 Å². The zero-order valence-corrected chi connectivity index (χ0v) is 10.4. The van der Waals surface area contributed by atoms with Gasteiger partial charge in [0.2, 0.25) is 0 Å². The molecule has 2 aromatic rings. The van der Waals surface area contributed by atoms with Crippen LogP contribution < -0.4 is 10.5 Å².